The molecule has 5 heteroatoms. The molecule has 5 nitrogen and oxygen atoms in total. The van der Waals surface area contributed by atoms with Crippen molar-refractivity contribution in [1.29, 1.82) is 5.26 Å². The van der Waals surface area contributed by atoms with Gasteiger partial charge in [-0.1, -0.05) is 30.3 Å². The second-order valence-electron chi connectivity index (χ2n) is 4.87. The zero-order valence-electron chi connectivity index (χ0n) is 11.4. The normalized spacial score (nSPS) is 20.6. The number of carbonyl (C=O) groups is 2. The molecule has 1 N–H and O–H groups in total. The van der Waals surface area contributed by atoms with Crippen LogP contribution in [0.5, 0.6) is 0 Å². The number of rotatable bonds is 4. The van der Waals surface area contributed by atoms with Crippen LogP contribution in [0.1, 0.15) is 30.9 Å². The Labute approximate surface area is 118 Å². The van der Waals surface area contributed by atoms with Gasteiger partial charge in [0.2, 0.25) is 11.8 Å². The summed E-state index contributed by atoms with van der Waals surface area (Å²) in [4.78, 5) is 24.7. The Balaban J connectivity index is 2.11. The van der Waals surface area contributed by atoms with Gasteiger partial charge in [0, 0.05) is 19.5 Å². The predicted octanol–water partition coefficient (Wildman–Crippen LogP) is 1.38. The molecule has 1 aliphatic rings. The number of carbonyl (C=O) groups excluding carboxylic acids is 2. The lowest BCUT2D eigenvalue weighted by molar-refractivity contribution is -0.148. The second kappa shape index (κ2) is 6.31. The molecule has 1 fully saturated rings. The minimum absolute atomic E-state index is 0.149. The third kappa shape index (κ3) is 3.03. The maximum absolute atomic E-state index is 12.1. The number of nitrogens with one attached hydrogen (secondary N) is 1. The highest BCUT2D eigenvalue weighted by Gasteiger charge is 2.33. The van der Waals surface area contributed by atoms with E-state index in [9.17, 15) is 9.59 Å². The van der Waals surface area contributed by atoms with Gasteiger partial charge in [-0.15, -0.1) is 0 Å². The predicted molar refractivity (Wildman–Crippen MR) is 73.3 cm³/mol. The Bertz CT molecular complexity index is 536. The van der Waals surface area contributed by atoms with E-state index in [2.05, 4.69) is 11.4 Å². The maximum atomic E-state index is 12.1. The quantitative estimate of drug-likeness (QED) is 0.840. The molecule has 0 aliphatic carbocycles. The van der Waals surface area contributed by atoms with Crippen molar-refractivity contribution in [2.75, 3.05) is 7.05 Å². The first-order chi connectivity index (χ1) is 9.63. The molecule has 0 aromatic heterocycles. The van der Waals surface area contributed by atoms with Crippen LogP contribution < -0.4 is 5.32 Å². The topological polar surface area (TPSA) is 73.2 Å². The van der Waals surface area contributed by atoms with Crippen LogP contribution in [0.25, 0.3) is 0 Å². The number of amides is 2. The van der Waals surface area contributed by atoms with Gasteiger partial charge >= 0.3 is 0 Å². The highest BCUT2D eigenvalue weighted by atomic mass is 16.2. The molecule has 0 bridgehead atoms. The first kappa shape index (κ1) is 14.2. The average Bonchev–Trinajstić information content (AvgIpc) is 2.48. The summed E-state index contributed by atoms with van der Waals surface area (Å²) in [6.45, 7) is 0. The molecule has 2 atom stereocenters. The number of likely N-dealkylation sites (N-methyl/N-ethyl adjacent to an activating group) is 1. The minimum Gasteiger partial charge on any atom is -0.298 e. The van der Waals surface area contributed by atoms with Gasteiger partial charge in [-0.25, -0.2) is 0 Å². The Kier molecular flexibility index (Phi) is 4.49. The van der Waals surface area contributed by atoms with Crippen molar-refractivity contribution < 1.29 is 9.59 Å². The first-order valence-electron chi connectivity index (χ1n) is 6.62. The molecule has 0 saturated carbocycles. The van der Waals surface area contributed by atoms with E-state index in [1.807, 2.05) is 30.3 Å². The van der Waals surface area contributed by atoms with E-state index in [1.54, 1.807) is 0 Å². The van der Waals surface area contributed by atoms with E-state index >= 15 is 0 Å². The fourth-order valence-electron chi connectivity index (χ4n) is 2.36. The van der Waals surface area contributed by atoms with Gasteiger partial charge in [0.15, 0.2) is 0 Å². The number of piperidine rings is 1. The summed E-state index contributed by atoms with van der Waals surface area (Å²) in [5, 5.41) is 12.2. The molecule has 1 aliphatic heterocycles. The molecule has 2 amide bonds. The van der Waals surface area contributed by atoms with Crippen LogP contribution in [0.15, 0.2) is 30.3 Å². The maximum Gasteiger partial charge on any atom is 0.246 e. The van der Waals surface area contributed by atoms with Gasteiger partial charge in [-0.2, -0.15) is 5.26 Å². The van der Waals surface area contributed by atoms with Crippen molar-refractivity contribution in [1.82, 2.24) is 10.2 Å². The zero-order valence-corrected chi connectivity index (χ0v) is 11.4. The fraction of sp³-hybridized carbons (Fsp3) is 0.400. The van der Waals surface area contributed by atoms with Crippen molar-refractivity contribution in [2.45, 2.75) is 31.3 Å². The van der Waals surface area contributed by atoms with Crippen molar-refractivity contribution in [3.05, 3.63) is 35.9 Å². The van der Waals surface area contributed by atoms with Crippen LogP contribution in [0.2, 0.25) is 0 Å². The van der Waals surface area contributed by atoms with Crippen molar-refractivity contribution >= 4 is 11.8 Å². The number of nitriles is 1. The standard InChI is InChI=1S/C15H17N3O2/c1-18-14(19)8-7-13(15(18)20)17-12(9-10-16)11-5-3-2-4-6-11/h2-6,12-13,17H,7-9H2,1H3. The van der Waals surface area contributed by atoms with Gasteiger partial charge in [-0.3, -0.25) is 19.8 Å². The Morgan fingerprint density at radius 2 is 2.10 bits per heavy atom. The number of nitrogens with zero attached hydrogens (tertiary/aromatic N) is 2. The van der Waals surface area contributed by atoms with Gasteiger partial charge in [-0.05, 0) is 12.0 Å². The van der Waals surface area contributed by atoms with Crippen LogP contribution in [-0.2, 0) is 9.59 Å². The lowest BCUT2D eigenvalue weighted by atomic mass is 9.99. The fourth-order valence-corrected chi connectivity index (χ4v) is 2.36. The molecule has 2 unspecified atom stereocenters. The summed E-state index contributed by atoms with van der Waals surface area (Å²) >= 11 is 0. The largest absolute Gasteiger partial charge is 0.298 e. The Hall–Kier alpha value is -2.19. The van der Waals surface area contributed by atoms with Crippen LogP contribution in [-0.4, -0.2) is 29.8 Å². The van der Waals surface area contributed by atoms with Gasteiger partial charge in [0.05, 0.1) is 18.5 Å². The molecule has 20 heavy (non-hydrogen) atoms. The van der Waals surface area contributed by atoms with Crippen LogP contribution in [0, 0.1) is 11.3 Å². The summed E-state index contributed by atoms with van der Waals surface area (Å²) in [6, 6.07) is 11.1. The molecule has 1 heterocycles. The summed E-state index contributed by atoms with van der Waals surface area (Å²) < 4.78 is 0. The second-order valence-corrected chi connectivity index (χ2v) is 4.87. The first-order valence-corrected chi connectivity index (χ1v) is 6.62. The van der Waals surface area contributed by atoms with Gasteiger partial charge < -0.3 is 0 Å². The molecule has 104 valence electrons. The average molecular weight is 271 g/mol. The third-order valence-corrected chi connectivity index (χ3v) is 3.55. The molecule has 1 saturated heterocycles. The Morgan fingerprint density at radius 3 is 2.75 bits per heavy atom. The zero-order chi connectivity index (χ0) is 14.5. The number of likely N-dealkylation sites (tertiary alicyclic amines) is 1. The Morgan fingerprint density at radius 1 is 1.40 bits per heavy atom. The van der Waals surface area contributed by atoms with Crippen molar-refractivity contribution in [3.63, 3.8) is 0 Å². The summed E-state index contributed by atoms with van der Waals surface area (Å²) in [7, 11) is 1.50. The SMILES string of the molecule is CN1C(=O)CCC(NC(CC#N)c2ccccc2)C1=O. The van der Waals surface area contributed by atoms with Crippen LogP contribution in [0.3, 0.4) is 0 Å². The minimum atomic E-state index is -0.406. The van der Waals surface area contributed by atoms with E-state index in [4.69, 9.17) is 5.26 Å². The van der Waals surface area contributed by atoms with E-state index in [0.717, 1.165) is 10.5 Å². The molecule has 0 spiro atoms. The number of hydrogen-bond acceptors (Lipinski definition) is 4. The highest BCUT2D eigenvalue weighted by Crippen LogP contribution is 2.20. The van der Waals surface area contributed by atoms with E-state index < -0.39 is 6.04 Å². The van der Waals surface area contributed by atoms with E-state index in [-0.39, 0.29) is 24.3 Å². The van der Waals surface area contributed by atoms with Crippen LogP contribution in [0.4, 0.5) is 0 Å². The number of hydrogen-bond donors (Lipinski definition) is 1. The summed E-state index contributed by atoms with van der Waals surface area (Å²) in [5.41, 5.74) is 0.974. The van der Waals surface area contributed by atoms with Crippen LogP contribution >= 0.6 is 0 Å². The molecule has 1 aromatic rings. The molecule has 1 aromatic carbocycles. The molecule has 2 rings (SSSR count). The van der Waals surface area contributed by atoms with Crippen molar-refractivity contribution in [3.8, 4) is 6.07 Å². The van der Waals surface area contributed by atoms with E-state index in [0.29, 0.717) is 12.8 Å². The van der Waals surface area contributed by atoms with E-state index in [1.165, 1.54) is 7.05 Å². The number of imide groups is 1. The summed E-state index contributed by atoms with van der Waals surface area (Å²) in [5.74, 6) is -0.371. The van der Waals surface area contributed by atoms with Gasteiger partial charge in [0.1, 0.15) is 0 Å². The smallest absolute Gasteiger partial charge is 0.246 e. The van der Waals surface area contributed by atoms with Gasteiger partial charge in [0.25, 0.3) is 0 Å². The monoisotopic (exact) mass is 271 g/mol. The number of benzene rings is 1. The highest BCUT2D eigenvalue weighted by molar-refractivity contribution is 6.00. The third-order valence-electron chi connectivity index (χ3n) is 3.55. The lowest BCUT2D eigenvalue weighted by Gasteiger charge is -2.31. The summed E-state index contributed by atoms with van der Waals surface area (Å²) in [6.07, 6.45) is 1.12. The molecular weight excluding hydrogens is 254 g/mol. The molecule has 0 radical (unpaired) electrons. The van der Waals surface area contributed by atoms with Crippen molar-refractivity contribution in [2.24, 2.45) is 0 Å². The lowest BCUT2D eigenvalue weighted by Crippen LogP contribution is -2.52. The molecular formula is C15H17N3O2.